The number of fused-ring (bicyclic) bond motifs is 1. The quantitative estimate of drug-likeness (QED) is 0.726. The number of hydrogen-bond donors (Lipinski definition) is 2. The number of nitrogens with two attached hydrogens (primary N) is 1. The van der Waals surface area contributed by atoms with Crippen LogP contribution in [-0.4, -0.2) is 11.0 Å². The third-order valence-corrected chi connectivity index (χ3v) is 2.39. The topological polar surface area (TPSA) is 63.3 Å². The van der Waals surface area contributed by atoms with Gasteiger partial charge in [0.1, 0.15) is 5.75 Å². The van der Waals surface area contributed by atoms with Crippen molar-refractivity contribution in [3.8, 4) is 17.6 Å². The Hall–Kier alpha value is -2.47. The van der Waals surface area contributed by atoms with E-state index in [1.165, 1.54) is 0 Å². The van der Waals surface area contributed by atoms with Crippen molar-refractivity contribution in [3.63, 3.8) is 0 Å². The second kappa shape index (κ2) is 4.58. The Morgan fingerprint density at radius 2 is 1.88 bits per heavy atom. The van der Waals surface area contributed by atoms with Crippen LogP contribution in [0.3, 0.4) is 0 Å². The molecule has 0 radical (unpaired) electrons. The summed E-state index contributed by atoms with van der Waals surface area (Å²) in [6.07, 6.45) is 0.0369. The summed E-state index contributed by atoms with van der Waals surface area (Å²) in [6.45, 7) is 0. The lowest BCUT2D eigenvalue weighted by Crippen LogP contribution is -2.08. The minimum atomic E-state index is -0.444. The number of amides is 1. The molecule has 0 aliphatic carbocycles. The van der Waals surface area contributed by atoms with Gasteiger partial charge in [-0.2, -0.15) is 0 Å². The average molecular weight is 225 g/mol. The minimum Gasteiger partial charge on any atom is -0.507 e. The fraction of sp³-hybridized carbons (Fsp3) is 0.0714. The van der Waals surface area contributed by atoms with Gasteiger partial charge < -0.3 is 10.8 Å². The van der Waals surface area contributed by atoms with E-state index >= 15 is 0 Å². The van der Waals surface area contributed by atoms with Crippen LogP contribution in [0.2, 0.25) is 0 Å². The Kier molecular flexibility index (Phi) is 2.97. The maximum absolute atomic E-state index is 10.6. The molecule has 0 aliphatic heterocycles. The van der Waals surface area contributed by atoms with Crippen molar-refractivity contribution in [2.75, 3.05) is 0 Å². The van der Waals surface area contributed by atoms with Crippen LogP contribution in [0.25, 0.3) is 10.8 Å². The maximum Gasteiger partial charge on any atom is 0.229 e. The van der Waals surface area contributed by atoms with Crippen LogP contribution in [0.1, 0.15) is 12.0 Å². The highest BCUT2D eigenvalue weighted by Gasteiger charge is 2.02. The summed E-state index contributed by atoms with van der Waals surface area (Å²) in [4.78, 5) is 10.6. The number of rotatable bonds is 1. The molecule has 0 atom stereocenters. The molecular formula is C14H11NO2. The molecule has 2 aromatic rings. The lowest BCUT2D eigenvalue weighted by Gasteiger charge is -2.02. The Morgan fingerprint density at radius 3 is 2.59 bits per heavy atom. The van der Waals surface area contributed by atoms with E-state index in [-0.39, 0.29) is 12.2 Å². The van der Waals surface area contributed by atoms with E-state index in [1.54, 1.807) is 12.1 Å². The first-order valence-electron chi connectivity index (χ1n) is 5.16. The van der Waals surface area contributed by atoms with Gasteiger partial charge in [0, 0.05) is 16.3 Å². The number of hydrogen-bond acceptors (Lipinski definition) is 2. The molecule has 0 aliphatic rings. The van der Waals surface area contributed by atoms with E-state index in [9.17, 15) is 9.90 Å². The highest BCUT2D eigenvalue weighted by Crippen LogP contribution is 2.26. The van der Waals surface area contributed by atoms with Crippen LogP contribution in [-0.2, 0) is 4.79 Å². The SMILES string of the molecule is NC(=O)CC#Cc1ccc(O)c2ccccc12. The van der Waals surface area contributed by atoms with Crippen molar-refractivity contribution in [3.05, 3.63) is 42.0 Å². The average Bonchev–Trinajstić information content (AvgIpc) is 2.32. The number of phenols is 1. The highest BCUT2D eigenvalue weighted by molar-refractivity contribution is 5.92. The van der Waals surface area contributed by atoms with Crippen molar-refractivity contribution in [1.82, 2.24) is 0 Å². The number of carbonyl (C=O) groups excluding carboxylic acids is 1. The minimum absolute atomic E-state index is 0.0369. The fourth-order valence-corrected chi connectivity index (χ4v) is 1.62. The lowest BCUT2D eigenvalue weighted by molar-refractivity contribution is -0.117. The molecule has 0 unspecified atom stereocenters. The summed E-state index contributed by atoms with van der Waals surface area (Å²) in [6, 6.07) is 10.7. The zero-order valence-corrected chi connectivity index (χ0v) is 9.10. The molecule has 0 heterocycles. The van der Waals surface area contributed by atoms with Gasteiger partial charge in [-0.1, -0.05) is 36.1 Å². The van der Waals surface area contributed by atoms with Crippen LogP contribution >= 0.6 is 0 Å². The molecule has 1 amide bonds. The van der Waals surface area contributed by atoms with E-state index in [0.717, 1.165) is 16.3 Å². The predicted molar refractivity (Wildman–Crippen MR) is 66.3 cm³/mol. The smallest absolute Gasteiger partial charge is 0.229 e. The molecule has 3 heteroatoms. The second-order valence-electron chi connectivity index (χ2n) is 3.62. The summed E-state index contributed by atoms with van der Waals surface area (Å²) in [5, 5.41) is 11.3. The number of carbonyl (C=O) groups is 1. The van der Waals surface area contributed by atoms with Crippen molar-refractivity contribution in [2.24, 2.45) is 5.73 Å². The lowest BCUT2D eigenvalue weighted by atomic mass is 10.0. The van der Waals surface area contributed by atoms with E-state index in [4.69, 9.17) is 5.73 Å². The second-order valence-corrected chi connectivity index (χ2v) is 3.62. The Bertz CT molecular complexity index is 635. The predicted octanol–water partition coefficient (Wildman–Crippen LogP) is 1.77. The molecule has 0 saturated heterocycles. The molecule has 2 rings (SSSR count). The van der Waals surface area contributed by atoms with Gasteiger partial charge in [-0.3, -0.25) is 4.79 Å². The number of phenolic OH excluding ortho intramolecular Hbond substituents is 1. The molecular weight excluding hydrogens is 214 g/mol. The van der Waals surface area contributed by atoms with Crippen LogP contribution in [0.15, 0.2) is 36.4 Å². The zero-order valence-electron chi connectivity index (χ0n) is 9.10. The molecule has 84 valence electrons. The Morgan fingerprint density at radius 1 is 1.18 bits per heavy atom. The summed E-state index contributed by atoms with van der Waals surface area (Å²) in [7, 11) is 0. The molecule has 17 heavy (non-hydrogen) atoms. The van der Waals surface area contributed by atoms with Crippen LogP contribution in [0.4, 0.5) is 0 Å². The Labute approximate surface area is 98.9 Å². The fourth-order valence-electron chi connectivity index (χ4n) is 1.62. The van der Waals surface area contributed by atoms with Gasteiger partial charge in [0.05, 0.1) is 6.42 Å². The largest absolute Gasteiger partial charge is 0.507 e. The van der Waals surface area contributed by atoms with Crippen molar-refractivity contribution in [1.29, 1.82) is 0 Å². The van der Waals surface area contributed by atoms with E-state index in [0.29, 0.717) is 0 Å². The Balaban J connectivity index is 2.51. The summed E-state index contributed by atoms with van der Waals surface area (Å²) >= 11 is 0. The first kappa shape index (κ1) is 11.0. The molecule has 0 aromatic heterocycles. The normalized spacial score (nSPS) is 9.65. The van der Waals surface area contributed by atoms with Crippen molar-refractivity contribution < 1.29 is 9.90 Å². The van der Waals surface area contributed by atoms with E-state index in [2.05, 4.69) is 11.8 Å². The molecule has 0 fully saturated rings. The molecule has 0 spiro atoms. The maximum atomic E-state index is 10.6. The van der Waals surface area contributed by atoms with Gasteiger partial charge in [0.25, 0.3) is 0 Å². The van der Waals surface area contributed by atoms with Crippen LogP contribution < -0.4 is 5.73 Å². The van der Waals surface area contributed by atoms with Gasteiger partial charge in [0.2, 0.25) is 5.91 Å². The summed E-state index contributed by atoms with van der Waals surface area (Å²) in [5.41, 5.74) is 5.79. The first-order valence-corrected chi connectivity index (χ1v) is 5.16. The number of primary amides is 1. The summed E-state index contributed by atoms with van der Waals surface area (Å²) in [5.74, 6) is 5.37. The highest BCUT2D eigenvalue weighted by atomic mass is 16.3. The van der Waals surface area contributed by atoms with Gasteiger partial charge in [-0.05, 0) is 12.1 Å². The number of benzene rings is 2. The van der Waals surface area contributed by atoms with Crippen molar-refractivity contribution in [2.45, 2.75) is 6.42 Å². The van der Waals surface area contributed by atoms with E-state index in [1.807, 2.05) is 24.3 Å². The molecule has 0 saturated carbocycles. The molecule has 2 aromatic carbocycles. The summed E-state index contributed by atoms with van der Waals surface area (Å²) < 4.78 is 0. The first-order chi connectivity index (χ1) is 8.18. The van der Waals surface area contributed by atoms with Crippen LogP contribution in [0.5, 0.6) is 5.75 Å². The molecule has 0 bridgehead atoms. The van der Waals surface area contributed by atoms with Gasteiger partial charge in [-0.15, -0.1) is 0 Å². The van der Waals surface area contributed by atoms with E-state index < -0.39 is 5.91 Å². The third-order valence-electron chi connectivity index (χ3n) is 2.39. The molecule has 3 nitrogen and oxygen atoms in total. The third kappa shape index (κ3) is 2.37. The van der Waals surface area contributed by atoms with Crippen LogP contribution in [0, 0.1) is 11.8 Å². The molecule has 3 N–H and O–H groups in total. The van der Waals surface area contributed by atoms with Gasteiger partial charge >= 0.3 is 0 Å². The number of aromatic hydroxyl groups is 1. The van der Waals surface area contributed by atoms with Crippen molar-refractivity contribution >= 4 is 16.7 Å². The monoisotopic (exact) mass is 225 g/mol. The van der Waals surface area contributed by atoms with Gasteiger partial charge in [0.15, 0.2) is 0 Å². The standard InChI is InChI=1S/C14H11NO2/c15-14(17)7-3-4-10-8-9-13(16)12-6-2-1-5-11(10)12/h1-2,5-6,8-9,16H,7H2,(H2,15,17). The van der Waals surface area contributed by atoms with Gasteiger partial charge in [-0.25, -0.2) is 0 Å². The zero-order chi connectivity index (χ0) is 12.3.